The summed E-state index contributed by atoms with van der Waals surface area (Å²) < 4.78 is 10.7. The molecular formula is C19H25N3O5. The fourth-order valence-electron chi connectivity index (χ4n) is 2.57. The summed E-state index contributed by atoms with van der Waals surface area (Å²) in [4.78, 5) is 34.1. The maximum atomic E-state index is 11.9. The Kier molecular flexibility index (Phi) is 7.66. The van der Waals surface area contributed by atoms with Crippen molar-refractivity contribution in [3.05, 3.63) is 36.1 Å². The van der Waals surface area contributed by atoms with Crippen molar-refractivity contribution in [2.75, 3.05) is 13.2 Å². The minimum absolute atomic E-state index is 0.225. The molecule has 0 saturated heterocycles. The van der Waals surface area contributed by atoms with Crippen LogP contribution in [0.25, 0.3) is 11.0 Å². The first-order chi connectivity index (χ1) is 13.0. The minimum atomic E-state index is -0.558. The molecule has 0 aliphatic rings. The lowest BCUT2D eigenvalue weighted by Crippen LogP contribution is -2.31. The summed E-state index contributed by atoms with van der Waals surface area (Å²) in [6, 6.07) is 8.57. The number of furan rings is 1. The number of hydrogen-bond donors (Lipinski definition) is 3. The predicted molar refractivity (Wildman–Crippen MR) is 99.8 cm³/mol. The standard InChI is InChI=1S/C19H25N3O5/c1-13(16-11-14-7-4-5-8-15(14)27-16)22-17(23)12-26-18(24)9-3-2-6-10-21-19(20)25/h4-5,7-8,11,13H,2-3,6,9-10,12H2,1H3,(H,22,23)(H3,20,21,25)/t13-/m1/s1. The molecule has 1 heterocycles. The molecule has 146 valence electrons. The number of nitrogens with two attached hydrogens (primary N) is 1. The smallest absolute Gasteiger partial charge is 0.312 e. The van der Waals surface area contributed by atoms with E-state index in [0.29, 0.717) is 18.7 Å². The molecule has 0 radical (unpaired) electrons. The summed E-state index contributed by atoms with van der Waals surface area (Å²) in [5.41, 5.74) is 5.70. The van der Waals surface area contributed by atoms with Crippen LogP contribution in [0.15, 0.2) is 34.7 Å². The second kappa shape index (κ2) is 10.2. The van der Waals surface area contributed by atoms with Gasteiger partial charge in [-0.15, -0.1) is 0 Å². The number of hydrogen-bond acceptors (Lipinski definition) is 5. The monoisotopic (exact) mass is 375 g/mol. The van der Waals surface area contributed by atoms with E-state index in [2.05, 4.69) is 10.6 Å². The molecule has 0 spiro atoms. The molecule has 0 fully saturated rings. The molecule has 1 aromatic heterocycles. The van der Waals surface area contributed by atoms with E-state index < -0.39 is 12.0 Å². The van der Waals surface area contributed by atoms with Crippen molar-refractivity contribution in [2.24, 2.45) is 5.73 Å². The first-order valence-electron chi connectivity index (χ1n) is 8.92. The molecule has 3 amide bonds. The van der Waals surface area contributed by atoms with Crippen molar-refractivity contribution in [3.63, 3.8) is 0 Å². The van der Waals surface area contributed by atoms with Gasteiger partial charge in [0.2, 0.25) is 0 Å². The van der Waals surface area contributed by atoms with Crippen LogP contribution in [0, 0.1) is 0 Å². The summed E-state index contributed by atoms with van der Waals surface area (Å²) in [5.74, 6) is -0.174. The molecule has 1 atom stereocenters. The highest BCUT2D eigenvalue weighted by molar-refractivity contribution is 5.81. The van der Waals surface area contributed by atoms with Crippen molar-refractivity contribution >= 4 is 28.9 Å². The number of urea groups is 1. The van der Waals surface area contributed by atoms with Crippen LogP contribution >= 0.6 is 0 Å². The van der Waals surface area contributed by atoms with Crippen LogP contribution < -0.4 is 16.4 Å². The molecule has 4 N–H and O–H groups in total. The highest BCUT2D eigenvalue weighted by Gasteiger charge is 2.15. The molecule has 27 heavy (non-hydrogen) atoms. The van der Waals surface area contributed by atoms with E-state index in [4.69, 9.17) is 14.9 Å². The SMILES string of the molecule is C[C@@H](NC(=O)COC(=O)CCCCCNC(N)=O)c1cc2ccccc2o1. The van der Waals surface area contributed by atoms with Crippen LogP contribution in [0.5, 0.6) is 0 Å². The van der Waals surface area contributed by atoms with Gasteiger partial charge in [-0.05, 0) is 31.9 Å². The van der Waals surface area contributed by atoms with E-state index >= 15 is 0 Å². The van der Waals surface area contributed by atoms with Crippen LogP contribution in [0.4, 0.5) is 4.79 Å². The van der Waals surface area contributed by atoms with E-state index in [1.165, 1.54) is 0 Å². The first-order valence-corrected chi connectivity index (χ1v) is 8.92. The number of primary amides is 1. The normalized spacial score (nSPS) is 11.7. The average molecular weight is 375 g/mol. The van der Waals surface area contributed by atoms with Crippen molar-refractivity contribution in [1.82, 2.24) is 10.6 Å². The summed E-state index contributed by atoms with van der Waals surface area (Å²) in [7, 11) is 0. The van der Waals surface area contributed by atoms with Gasteiger partial charge in [0.25, 0.3) is 5.91 Å². The number of benzene rings is 1. The quantitative estimate of drug-likeness (QED) is 0.434. The second-order valence-corrected chi connectivity index (χ2v) is 6.24. The first kappa shape index (κ1) is 20.3. The third-order valence-electron chi connectivity index (χ3n) is 3.97. The van der Waals surface area contributed by atoms with Crippen LogP contribution in [0.3, 0.4) is 0 Å². The zero-order valence-electron chi connectivity index (χ0n) is 15.3. The zero-order valence-corrected chi connectivity index (χ0v) is 15.3. The van der Waals surface area contributed by atoms with E-state index in [9.17, 15) is 14.4 Å². The maximum Gasteiger partial charge on any atom is 0.312 e. The Hall–Kier alpha value is -3.03. The van der Waals surface area contributed by atoms with Crippen molar-refractivity contribution in [3.8, 4) is 0 Å². The van der Waals surface area contributed by atoms with Gasteiger partial charge in [0.1, 0.15) is 11.3 Å². The number of esters is 1. The highest BCUT2D eigenvalue weighted by Crippen LogP contribution is 2.23. The molecule has 0 aliphatic carbocycles. The fraction of sp³-hybridized carbons (Fsp3) is 0.421. The summed E-state index contributed by atoms with van der Waals surface area (Å²) in [6.45, 7) is 1.96. The third-order valence-corrected chi connectivity index (χ3v) is 3.97. The van der Waals surface area contributed by atoms with Gasteiger partial charge >= 0.3 is 12.0 Å². The highest BCUT2D eigenvalue weighted by atomic mass is 16.5. The number of unbranched alkanes of at least 4 members (excludes halogenated alkanes) is 2. The number of amides is 3. The van der Waals surface area contributed by atoms with E-state index in [1.807, 2.05) is 30.3 Å². The van der Waals surface area contributed by atoms with Gasteiger partial charge in [0, 0.05) is 18.4 Å². The zero-order chi connectivity index (χ0) is 19.6. The molecule has 8 heteroatoms. The van der Waals surface area contributed by atoms with E-state index in [1.54, 1.807) is 6.92 Å². The van der Waals surface area contributed by atoms with Gasteiger partial charge in [-0.2, -0.15) is 0 Å². The minimum Gasteiger partial charge on any atom is -0.459 e. The van der Waals surface area contributed by atoms with Gasteiger partial charge in [0.15, 0.2) is 6.61 Å². The molecule has 2 rings (SSSR count). The molecule has 0 saturated carbocycles. The number of para-hydroxylation sites is 1. The Morgan fingerprint density at radius 2 is 1.96 bits per heavy atom. The Morgan fingerprint density at radius 1 is 1.19 bits per heavy atom. The van der Waals surface area contributed by atoms with Gasteiger partial charge in [0.05, 0.1) is 6.04 Å². The van der Waals surface area contributed by atoms with Crippen LogP contribution in [0.1, 0.15) is 44.4 Å². The van der Waals surface area contributed by atoms with Crippen molar-refractivity contribution < 1.29 is 23.5 Å². The van der Waals surface area contributed by atoms with Crippen molar-refractivity contribution in [1.29, 1.82) is 0 Å². The number of carbonyl (C=O) groups is 3. The lowest BCUT2D eigenvalue weighted by molar-refractivity contribution is -0.148. The maximum absolute atomic E-state index is 11.9. The fourth-order valence-corrected chi connectivity index (χ4v) is 2.57. The lowest BCUT2D eigenvalue weighted by Gasteiger charge is -2.11. The molecular weight excluding hydrogens is 350 g/mol. The number of ether oxygens (including phenoxy) is 1. The lowest BCUT2D eigenvalue weighted by atomic mass is 10.2. The van der Waals surface area contributed by atoms with E-state index in [0.717, 1.165) is 23.8 Å². The molecule has 0 bridgehead atoms. The molecule has 2 aromatic rings. The molecule has 1 aromatic carbocycles. The van der Waals surface area contributed by atoms with Crippen molar-refractivity contribution in [2.45, 2.75) is 38.6 Å². The summed E-state index contributed by atoms with van der Waals surface area (Å²) in [5, 5.41) is 6.18. The van der Waals surface area contributed by atoms with Gasteiger partial charge in [-0.25, -0.2) is 4.79 Å². The second-order valence-electron chi connectivity index (χ2n) is 6.24. The average Bonchev–Trinajstić information content (AvgIpc) is 3.07. The van der Waals surface area contributed by atoms with Crippen LogP contribution in [-0.4, -0.2) is 31.1 Å². The summed E-state index contributed by atoms with van der Waals surface area (Å²) >= 11 is 0. The number of fused-ring (bicyclic) bond motifs is 1. The largest absolute Gasteiger partial charge is 0.459 e. The molecule has 0 unspecified atom stereocenters. The number of rotatable bonds is 10. The molecule has 0 aliphatic heterocycles. The predicted octanol–water partition coefficient (Wildman–Crippen LogP) is 2.38. The van der Waals surface area contributed by atoms with Gasteiger partial charge < -0.3 is 25.5 Å². The Labute approximate surface area is 157 Å². The topological polar surface area (TPSA) is 124 Å². The number of nitrogens with one attached hydrogen (secondary N) is 2. The number of carbonyl (C=O) groups excluding carboxylic acids is 3. The van der Waals surface area contributed by atoms with Gasteiger partial charge in [-0.3, -0.25) is 9.59 Å². The van der Waals surface area contributed by atoms with Crippen LogP contribution in [0.2, 0.25) is 0 Å². The Balaban J connectivity index is 1.63. The van der Waals surface area contributed by atoms with Gasteiger partial charge in [-0.1, -0.05) is 24.6 Å². The summed E-state index contributed by atoms with van der Waals surface area (Å²) in [6.07, 6.45) is 2.33. The molecule has 8 nitrogen and oxygen atoms in total. The Morgan fingerprint density at radius 3 is 2.70 bits per heavy atom. The third kappa shape index (κ3) is 7.01. The van der Waals surface area contributed by atoms with Crippen LogP contribution in [-0.2, 0) is 14.3 Å². The van der Waals surface area contributed by atoms with E-state index in [-0.39, 0.29) is 25.0 Å². The Bertz CT molecular complexity index is 753.